The predicted octanol–water partition coefficient (Wildman–Crippen LogP) is 0.779. The minimum atomic E-state index is -0.438. The van der Waals surface area contributed by atoms with E-state index in [1.807, 2.05) is 0 Å². The van der Waals surface area contributed by atoms with Gasteiger partial charge < -0.3 is 0 Å². The number of aryl methyl sites for hydroxylation is 2. The topological polar surface area (TPSA) is 25.8 Å². The Hall–Kier alpha value is -0.121. The second-order valence-corrected chi connectivity index (χ2v) is 5.30. The molecular weight excluding hydrogens is 243 g/mol. The van der Waals surface area contributed by atoms with Crippen molar-refractivity contribution in [1.82, 2.24) is 9.97 Å². The maximum atomic E-state index is 4.42. The molecule has 1 rings (SSSR count). The van der Waals surface area contributed by atoms with Crippen molar-refractivity contribution >= 4 is 25.0 Å². The molecule has 0 fully saturated rings. The van der Waals surface area contributed by atoms with Crippen LogP contribution in [0, 0.1) is 20.8 Å². The molecule has 1 heterocycles. The third-order valence-corrected chi connectivity index (χ3v) is 3.77. The molecule has 58 valence electrons. The minimum absolute atomic E-state index is 0.438. The van der Waals surface area contributed by atoms with Gasteiger partial charge in [0.25, 0.3) is 0 Å². The van der Waals surface area contributed by atoms with Crippen LogP contribution in [0.5, 0.6) is 0 Å². The Balaban J connectivity index is 3.21. The normalized spacial score (nSPS) is 10.2. The molecule has 11 heavy (non-hydrogen) atoms. The van der Waals surface area contributed by atoms with Gasteiger partial charge in [0.15, 0.2) is 0 Å². The van der Waals surface area contributed by atoms with Gasteiger partial charge in [0.05, 0.1) is 0 Å². The Morgan fingerprint density at radius 2 is 1.45 bits per heavy atom. The van der Waals surface area contributed by atoms with E-state index in [2.05, 4.69) is 35.7 Å². The van der Waals surface area contributed by atoms with E-state index >= 15 is 0 Å². The van der Waals surface area contributed by atoms with Gasteiger partial charge in [-0.1, -0.05) is 0 Å². The third-order valence-electron chi connectivity index (χ3n) is 1.86. The molecule has 0 saturated carbocycles. The van der Waals surface area contributed by atoms with Gasteiger partial charge in [-0.2, -0.15) is 0 Å². The molecule has 0 aromatic carbocycles. The summed E-state index contributed by atoms with van der Waals surface area (Å²) in [5.41, 5.74) is 3.53. The van der Waals surface area contributed by atoms with Gasteiger partial charge in [0.1, 0.15) is 0 Å². The summed E-state index contributed by atoms with van der Waals surface area (Å²) in [7, 11) is 0. The number of hydrogen-bond donors (Lipinski definition) is 0. The Labute approximate surface area is 77.7 Å². The molecule has 0 aliphatic carbocycles. The van der Waals surface area contributed by atoms with Crippen molar-refractivity contribution in [2.75, 3.05) is 0 Å². The molecule has 0 atom stereocenters. The van der Waals surface area contributed by atoms with E-state index in [1.54, 1.807) is 0 Å². The zero-order valence-corrected chi connectivity index (χ0v) is 10.2. The first-order valence-corrected chi connectivity index (χ1v) is 7.93. The van der Waals surface area contributed by atoms with Crippen LogP contribution in [0.3, 0.4) is 0 Å². The van der Waals surface area contributed by atoms with E-state index in [-0.39, 0.29) is 0 Å². The summed E-state index contributed by atoms with van der Waals surface area (Å²) in [4.78, 5) is 11.1. The second-order valence-electron chi connectivity index (χ2n) is 2.59. The molecule has 1 aromatic rings. The zero-order valence-electron chi connectivity index (χ0n) is 7.39. The molecule has 0 spiro atoms. The summed E-state index contributed by atoms with van der Waals surface area (Å²) in [6.45, 7) is 6.19. The number of aromatic nitrogens is 2. The standard InChI is InChI=1S/C7H9N2.CH3.Sn/c1-5-6(2)8-4-9-7(5)3;;/h1-3H3;1H3;. The van der Waals surface area contributed by atoms with Crippen LogP contribution in [-0.4, -0.2) is 31.1 Å². The van der Waals surface area contributed by atoms with Gasteiger partial charge in [-0.25, -0.2) is 0 Å². The van der Waals surface area contributed by atoms with E-state index < -0.39 is 21.1 Å². The zero-order chi connectivity index (χ0) is 8.43. The maximum absolute atomic E-state index is 4.42. The molecule has 2 nitrogen and oxygen atoms in total. The van der Waals surface area contributed by atoms with Crippen LogP contribution >= 0.6 is 0 Å². The van der Waals surface area contributed by atoms with Crippen LogP contribution in [0.4, 0.5) is 0 Å². The fourth-order valence-electron chi connectivity index (χ4n) is 0.884. The second kappa shape index (κ2) is 3.52. The molecule has 0 aliphatic heterocycles. The molecule has 2 radical (unpaired) electrons. The van der Waals surface area contributed by atoms with Crippen molar-refractivity contribution in [3.05, 3.63) is 17.0 Å². The van der Waals surface area contributed by atoms with E-state index in [9.17, 15) is 0 Å². The summed E-state index contributed by atoms with van der Waals surface area (Å²) in [5.74, 6) is 0. The van der Waals surface area contributed by atoms with E-state index in [0.717, 1.165) is 15.2 Å². The SMILES string of the molecule is [CH3][Sn][c]1nc(C)c(C)c(C)n1. The van der Waals surface area contributed by atoms with Crippen molar-refractivity contribution in [3.8, 4) is 0 Å². The first kappa shape index (κ1) is 8.97. The van der Waals surface area contributed by atoms with Crippen LogP contribution < -0.4 is 3.84 Å². The number of nitrogens with zero attached hydrogens (tertiary/aromatic N) is 2. The average Bonchev–Trinajstić information content (AvgIpc) is 1.99. The van der Waals surface area contributed by atoms with Gasteiger partial charge >= 0.3 is 77.6 Å². The number of rotatable bonds is 1. The van der Waals surface area contributed by atoms with E-state index in [0.29, 0.717) is 0 Å². The molecule has 0 bridgehead atoms. The fraction of sp³-hybridized carbons (Fsp3) is 0.500. The summed E-state index contributed by atoms with van der Waals surface area (Å²) in [5, 5.41) is 0. The van der Waals surface area contributed by atoms with Crippen LogP contribution in [0.15, 0.2) is 0 Å². The van der Waals surface area contributed by atoms with Crippen molar-refractivity contribution in [1.29, 1.82) is 0 Å². The van der Waals surface area contributed by atoms with Crippen LogP contribution in [-0.2, 0) is 0 Å². The van der Waals surface area contributed by atoms with Crippen molar-refractivity contribution in [2.45, 2.75) is 25.7 Å². The number of hydrogen-bond acceptors (Lipinski definition) is 2. The average molecular weight is 255 g/mol. The van der Waals surface area contributed by atoms with Crippen molar-refractivity contribution in [2.24, 2.45) is 0 Å². The fourth-order valence-corrected chi connectivity index (χ4v) is 2.48. The first-order valence-electron chi connectivity index (χ1n) is 3.64. The quantitative estimate of drug-likeness (QED) is 0.693. The predicted molar refractivity (Wildman–Crippen MR) is 47.5 cm³/mol. The molecule has 0 amide bonds. The molecule has 0 N–H and O–H groups in total. The Morgan fingerprint density at radius 3 is 1.82 bits per heavy atom. The summed E-state index contributed by atoms with van der Waals surface area (Å²) in [6, 6.07) is 0. The first-order chi connectivity index (χ1) is 5.15. The molecule has 3 heteroatoms. The summed E-state index contributed by atoms with van der Waals surface area (Å²) in [6.07, 6.45) is 0. The Kier molecular flexibility index (Phi) is 2.87. The summed E-state index contributed by atoms with van der Waals surface area (Å²) >= 11 is -0.438. The molecule has 0 saturated heterocycles. The van der Waals surface area contributed by atoms with Gasteiger partial charge in [0.2, 0.25) is 0 Å². The van der Waals surface area contributed by atoms with Crippen LogP contribution in [0.1, 0.15) is 17.0 Å². The Morgan fingerprint density at radius 1 is 1.00 bits per heavy atom. The molecule has 1 aromatic heterocycles. The van der Waals surface area contributed by atoms with Gasteiger partial charge in [-0.05, 0) is 0 Å². The van der Waals surface area contributed by atoms with Crippen molar-refractivity contribution in [3.63, 3.8) is 0 Å². The third kappa shape index (κ3) is 1.92. The van der Waals surface area contributed by atoms with E-state index in [1.165, 1.54) is 5.56 Å². The van der Waals surface area contributed by atoms with Crippen molar-refractivity contribution < 1.29 is 0 Å². The van der Waals surface area contributed by atoms with Gasteiger partial charge in [0, 0.05) is 0 Å². The van der Waals surface area contributed by atoms with Crippen LogP contribution in [0.25, 0.3) is 0 Å². The van der Waals surface area contributed by atoms with Crippen LogP contribution in [0.2, 0.25) is 4.94 Å². The van der Waals surface area contributed by atoms with Gasteiger partial charge in [-0.3, -0.25) is 0 Å². The summed E-state index contributed by atoms with van der Waals surface area (Å²) < 4.78 is 1.12. The molecule has 0 unspecified atom stereocenters. The van der Waals surface area contributed by atoms with E-state index in [4.69, 9.17) is 0 Å². The molecule has 0 aliphatic rings. The monoisotopic (exact) mass is 256 g/mol. The Bertz CT molecular complexity index is 248. The van der Waals surface area contributed by atoms with Gasteiger partial charge in [-0.15, -0.1) is 0 Å². The molecular formula is C8H12N2Sn.